The number of fused-ring (bicyclic) bond motifs is 1. The van der Waals surface area contributed by atoms with E-state index in [9.17, 15) is 24.3 Å². The van der Waals surface area contributed by atoms with Crippen molar-refractivity contribution < 1.29 is 29.0 Å². The van der Waals surface area contributed by atoms with Gasteiger partial charge in [0, 0.05) is 23.4 Å². The molecule has 0 saturated carbocycles. The van der Waals surface area contributed by atoms with Crippen molar-refractivity contribution in [3.05, 3.63) is 30.0 Å². The summed E-state index contributed by atoms with van der Waals surface area (Å²) in [6.07, 6.45) is 1.67. The van der Waals surface area contributed by atoms with Crippen LogP contribution in [0.2, 0.25) is 0 Å². The highest BCUT2D eigenvalue weighted by Gasteiger charge is 2.30. The topological polar surface area (TPSA) is 150 Å². The van der Waals surface area contributed by atoms with E-state index >= 15 is 0 Å². The monoisotopic (exact) mass is 486 g/mol. The molecule has 10 heteroatoms. The van der Waals surface area contributed by atoms with Crippen LogP contribution in [-0.4, -0.2) is 65.9 Å². The Morgan fingerprint density at radius 3 is 2.60 bits per heavy atom. The molecule has 3 atom stereocenters. The van der Waals surface area contributed by atoms with Gasteiger partial charge in [0.15, 0.2) is 5.78 Å². The molecule has 1 aliphatic rings. The van der Waals surface area contributed by atoms with Gasteiger partial charge in [-0.25, -0.2) is 0 Å². The first-order valence-electron chi connectivity index (χ1n) is 11.9. The molecule has 0 bridgehead atoms. The number of benzene rings is 1. The Labute approximate surface area is 204 Å². The van der Waals surface area contributed by atoms with Gasteiger partial charge < -0.3 is 30.8 Å². The molecule has 1 saturated heterocycles. The molecule has 1 aromatic heterocycles. The van der Waals surface area contributed by atoms with Gasteiger partial charge in [0.2, 0.25) is 11.8 Å². The predicted octanol–water partition coefficient (Wildman–Crippen LogP) is 1.28. The minimum atomic E-state index is -0.940. The van der Waals surface area contributed by atoms with E-state index in [0.29, 0.717) is 31.6 Å². The predicted molar refractivity (Wildman–Crippen MR) is 130 cm³/mol. The molecule has 1 fully saturated rings. The van der Waals surface area contributed by atoms with Crippen molar-refractivity contribution in [2.75, 3.05) is 20.3 Å². The Morgan fingerprint density at radius 1 is 1.20 bits per heavy atom. The Balaban J connectivity index is 1.71. The van der Waals surface area contributed by atoms with E-state index in [1.54, 1.807) is 19.2 Å². The summed E-state index contributed by atoms with van der Waals surface area (Å²) in [6.45, 7) is 3.72. The fourth-order valence-corrected chi connectivity index (χ4v) is 4.35. The van der Waals surface area contributed by atoms with Crippen LogP contribution in [0, 0.1) is 11.8 Å². The third-order valence-electron chi connectivity index (χ3n) is 6.25. The average molecular weight is 487 g/mol. The summed E-state index contributed by atoms with van der Waals surface area (Å²) in [4.78, 5) is 53.4. The number of aromatic amines is 1. The first kappa shape index (κ1) is 26.2. The third kappa shape index (κ3) is 6.60. The molecule has 0 unspecified atom stereocenters. The quantitative estimate of drug-likeness (QED) is 0.305. The lowest BCUT2D eigenvalue weighted by Gasteiger charge is -2.24. The Hall–Kier alpha value is -3.40. The maximum atomic E-state index is 13.1. The van der Waals surface area contributed by atoms with Crippen molar-refractivity contribution in [1.29, 1.82) is 0 Å². The van der Waals surface area contributed by atoms with Crippen molar-refractivity contribution in [3.8, 4) is 5.75 Å². The van der Waals surface area contributed by atoms with Gasteiger partial charge in [0.1, 0.15) is 24.1 Å². The van der Waals surface area contributed by atoms with Crippen LogP contribution in [0.15, 0.2) is 24.3 Å². The number of ether oxygens (including phenoxy) is 1. The maximum absolute atomic E-state index is 13.1. The van der Waals surface area contributed by atoms with Crippen LogP contribution in [-0.2, 0) is 14.4 Å². The molecular formula is C25H34N4O6. The van der Waals surface area contributed by atoms with E-state index in [1.165, 1.54) is 0 Å². The largest absolute Gasteiger partial charge is 0.496 e. The lowest BCUT2D eigenvalue weighted by Crippen LogP contribution is -2.52. The zero-order chi connectivity index (χ0) is 25.5. The molecule has 1 aliphatic heterocycles. The van der Waals surface area contributed by atoms with Crippen LogP contribution in [0.5, 0.6) is 5.75 Å². The summed E-state index contributed by atoms with van der Waals surface area (Å²) in [7, 11) is 1.55. The number of hydrogen-bond acceptors (Lipinski definition) is 6. The maximum Gasteiger partial charge on any atom is 0.268 e. The number of nitrogens with one attached hydrogen (secondary N) is 4. The number of methoxy groups -OCH3 is 1. The molecule has 0 radical (unpaired) electrons. The minimum Gasteiger partial charge on any atom is -0.496 e. The molecule has 5 N–H and O–H groups in total. The number of hydrogen-bond donors (Lipinski definition) is 5. The average Bonchev–Trinajstić information content (AvgIpc) is 3.46. The number of amides is 3. The number of aliphatic hydroxyl groups excluding tert-OH is 1. The molecule has 35 heavy (non-hydrogen) atoms. The number of Topliss-reactive ketones (excluding diaryl/α,β-unsaturated/α-hetero) is 1. The molecular weight excluding hydrogens is 452 g/mol. The first-order valence-corrected chi connectivity index (χ1v) is 11.9. The third-order valence-corrected chi connectivity index (χ3v) is 6.25. The normalized spacial score (nSPS) is 17.2. The van der Waals surface area contributed by atoms with E-state index in [0.717, 1.165) is 10.9 Å². The van der Waals surface area contributed by atoms with E-state index in [2.05, 4.69) is 20.9 Å². The molecule has 0 spiro atoms. The van der Waals surface area contributed by atoms with Crippen molar-refractivity contribution in [2.24, 2.45) is 11.8 Å². The Kier molecular flexibility index (Phi) is 8.86. The Bertz CT molecular complexity index is 1080. The van der Waals surface area contributed by atoms with Crippen molar-refractivity contribution in [2.45, 2.75) is 51.6 Å². The Morgan fingerprint density at radius 2 is 1.97 bits per heavy atom. The van der Waals surface area contributed by atoms with Gasteiger partial charge in [-0.15, -0.1) is 0 Å². The zero-order valence-corrected chi connectivity index (χ0v) is 20.3. The van der Waals surface area contributed by atoms with Gasteiger partial charge in [-0.3, -0.25) is 19.2 Å². The van der Waals surface area contributed by atoms with Crippen LogP contribution < -0.4 is 20.7 Å². The summed E-state index contributed by atoms with van der Waals surface area (Å²) < 4.78 is 5.34. The van der Waals surface area contributed by atoms with Crippen LogP contribution >= 0.6 is 0 Å². The van der Waals surface area contributed by atoms with Gasteiger partial charge in [-0.1, -0.05) is 19.9 Å². The van der Waals surface area contributed by atoms with Crippen LogP contribution in [0.1, 0.15) is 50.0 Å². The number of aliphatic hydroxyl groups is 1. The molecule has 3 amide bonds. The number of ketones is 1. The second-order valence-corrected chi connectivity index (χ2v) is 9.30. The highest BCUT2D eigenvalue weighted by Crippen LogP contribution is 2.26. The standard InChI is InChI=1S/C25H34N4O6/c1-14(2)11-19(29-25(34)20-12-16-17(27-20)5-4-6-22(16)35-3)24(33)28-18(21(31)13-30)8-7-15-9-10-26-23(15)32/h4-6,12,14-15,18-19,27,30H,7-11,13H2,1-3H3,(H,26,32)(H,28,33)(H,29,34)/t15-,18+,19+/m1/s1. The van der Waals surface area contributed by atoms with E-state index in [-0.39, 0.29) is 29.9 Å². The van der Waals surface area contributed by atoms with E-state index < -0.39 is 36.3 Å². The summed E-state index contributed by atoms with van der Waals surface area (Å²) >= 11 is 0. The molecule has 2 aromatic rings. The van der Waals surface area contributed by atoms with E-state index in [4.69, 9.17) is 4.74 Å². The lowest BCUT2D eigenvalue weighted by atomic mass is 9.96. The fourth-order valence-electron chi connectivity index (χ4n) is 4.35. The number of rotatable bonds is 12. The van der Waals surface area contributed by atoms with Crippen LogP contribution in [0.4, 0.5) is 0 Å². The summed E-state index contributed by atoms with van der Waals surface area (Å²) in [5, 5.41) is 18.3. The molecule has 190 valence electrons. The fraction of sp³-hybridized carbons (Fsp3) is 0.520. The zero-order valence-electron chi connectivity index (χ0n) is 20.3. The van der Waals surface area contributed by atoms with Crippen molar-refractivity contribution >= 4 is 34.4 Å². The number of carbonyl (C=O) groups excluding carboxylic acids is 4. The summed E-state index contributed by atoms with van der Waals surface area (Å²) in [5.41, 5.74) is 1.00. The molecule has 1 aromatic carbocycles. The second kappa shape index (κ2) is 11.8. The highest BCUT2D eigenvalue weighted by molar-refractivity contribution is 6.02. The second-order valence-electron chi connectivity index (χ2n) is 9.30. The molecule has 10 nitrogen and oxygen atoms in total. The summed E-state index contributed by atoms with van der Waals surface area (Å²) in [5.74, 6) is -1.08. The smallest absolute Gasteiger partial charge is 0.268 e. The molecule has 3 rings (SSSR count). The van der Waals surface area contributed by atoms with Gasteiger partial charge >= 0.3 is 0 Å². The minimum absolute atomic E-state index is 0.0635. The van der Waals surface area contributed by atoms with Crippen LogP contribution in [0.25, 0.3) is 10.9 Å². The SMILES string of the molecule is COc1cccc2[nH]c(C(=O)N[C@@H](CC(C)C)C(=O)N[C@@H](CC[C@@H]3CCNC3=O)C(=O)CO)cc12. The van der Waals surface area contributed by atoms with Gasteiger partial charge in [-0.2, -0.15) is 0 Å². The van der Waals surface area contributed by atoms with Gasteiger partial charge in [0.05, 0.1) is 13.2 Å². The van der Waals surface area contributed by atoms with E-state index in [1.807, 2.05) is 26.0 Å². The van der Waals surface area contributed by atoms with Crippen molar-refractivity contribution in [1.82, 2.24) is 20.9 Å². The molecule has 2 heterocycles. The number of H-pyrrole nitrogens is 1. The van der Waals surface area contributed by atoms with Crippen molar-refractivity contribution in [3.63, 3.8) is 0 Å². The number of carbonyl (C=O) groups is 4. The lowest BCUT2D eigenvalue weighted by molar-refractivity contribution is -0.130. The summed E-state index contributed by atoms with van der Waals surface area (Å²) in [6, 6.07) is 5.26. The highest BCUT2D eigenvalue weighted by atomic mass is 16.5. The molecule has 0 aliphatic carbocycles. The van der Waals surface area contributed by atoms with Gasteiger partial charge in [-0.05, 0) is 49.8 Å². The van der Waals surface area contributed by atoms with Gasteiger partial charge in [0.25, 0.3) is 5.91 Å². The van der Waals surface area contributed by atoms with Crippen LogP contribution in [0.3, 0.4) is 0 Å². The first-order chi connectivity index (χ1) is 16.7. The number of aromatic nitrogens is 1.